The van der Waals surface area contributed by atoms with Crippen LogP contribution in [-0.2, 0) is 61.6 Å². The Morgan fingerprint density at radius 2 is 0.385 bits per heavy atom. The molecule has 0 radical (unpaired) electrons. The summed E-state index contributed by atoms with van der Waals surface area (Å²) >= 11 is 2.28. The molecule has 0 aliphatic carbocycles. The molecule has 14 heteroatoms. The van der Waals surface area contributed by atoms with E-state index in [1.54, 1.807) is 0 Å². The normalized spacial score (nSPS) is 11.7. The highest BCUT2D eigenvalue weighted by molar-refractivity contribution is 14.1. The van der Waals surface area contributed by atoms with Crippen molar-refractivity contribution in [2.45, 2.75) is 71.1 Å². The lowest BCUT2D eigenvalue weighted by Crippen LogP contribution is -2.15. The average molecular weight is 869 g/mol. The summed E-state index contributed by atoms with van der Waals surface area (Å²) in [6.07, 6.45) is 13.4. The van der Waals surface area contributed by atoms with Gasteiger partial charge in [0.05, 0.1) is 165 Å². The third-order valence-corrected chi connectivity index (χ3v) is 7.77. The quantitative estimate of drug-likeness (QED) is 0.0432. The van der Waals surface area contributed by atoms with Crippen LogP contribution in [0.4, 0.5) is 0 Å². The molecule has 0 rings (SSSR count). The Labute approximate surface area is 330 Å². The van der Waals surface area contributed by atoms with E-state index in [2.05, 4.69) is 29.5 Å². The Morgan fingerprint density at radius 3 is 0.596 bits per heavy atom. The minimum Gasteiger partial charge on any atom is -0.379 e. The second-order valence-electron chi connectivity index (χ2n) is 11.8. The SMILES string of the molecule is CCCCCCCCCCCCOCCOCCOCCOCCOCCOCCOCCOCCOCCOCCOCCOCCOCCI. The van der Waals surface area contributed by atoms with Crippen LogP contribution in [0, 0.1) is 0 Å². The van der Waals surface area contributed by atoms with E-state index in [0.29, 0.717) is 159 Å². The van der Waals surface area contributed by atoms with Gasteiger partial charge in [-0.25, -0.2) is 0 Å². The summed E-state index contributed by atoms with van der Waals surface area (Å²) in [6.45, 7) is 17.0. The summed E-state index contributed by atoms with van der Waals surface area (Å²) in [5.74, 6) is 0. The maximum atomic E-state index is 5.65. The van der Waals surface area contributed by atoms with Crippen LogP contribution in [-0.4, -0.2) is 176 Å². The Bertz CT molecular complexity index is 563. The highest BCUT2D eigenvalue weighted by Crippen LogP contribution is 2.10. The van der Waals surface area contributed by atoms with E-state index < -0.39 is 0 Å². The highest BCUT2D eigenvalue weighted by Gasteiger charge is 1.98. The second kappa shape index (κ2) is 51.2. The van der Waals surface area contributed by atoms with Crippen LogP contribution in [0.25, 0.3) is 0 Å². The minimum absolute atomic E-state index is 0.517. The van der Waals surface area contributed by atoms with Gasteiger partial charge in [-0.2, -0.15) is 0 Å². The van der Waals surface area contributed by atoms with Gasteiger partial charge in [0.25, 0.3) is 0 Å². The van der Waals surface area contributed by atoms with Gasteiger partial charge in [-0.3, -0.25) is 0 Å². The number of unbranched alkanes of at least 4 members (excludes halogenated alkanes) is 9. The monoisotopic (exact) mass is 868 g/mol. The van der Waals surface area contributed by atoms with Crippen molar-refractivity contribution in [3.8, 4) is 0 Å². The first kappa shape index (κ1) is 52.2. The van der Waals surface area contributed by atoms with Crippen LogP contribution in [0.5, 0.6) is 0 Å². The standard InChI is InChI=1S/C38H77IO13/c1-2-3-4-5-6-7-8-9-10-11-13-40-15-17-42-19-21-44-23-25-46-27-29-48-31-33-50-35-37-52-38-36-51-34-32-49-30-28-47-26-24-45-22-20-43-18-16-41-14-12-39/h2-38H2,1H3. The van der Waals surface area contributed by atoms with Crippen molar-refractivity contribution in [2.24, 2.45) is 0 Å². The van der Waals surface area contributed by atoms with Gasteiger partial charge in [-0.15, -0.1) is 0 Å². The first-order valence-electron chi connectivity index (χ1n) is 20.0. The van der Waals surface area contributed by atoms with Crippen LogP contribution in [0.2, 0.25) is 0 Å². The summed E-state index contributed by atoms with van der Waals surface area (Å²) in [4.78, 5) is 0. The third-order valence-electron chi connectivity index (χ3n) is 7.33. The fourth-order valence-corrected chi connectivity index (χ4v) is 4.80. The van der Waals surface area contributed by atoms with E-state index in [1.807, 2.05) is 0 Å². The number of halogens is 1. The molecule has 0 unspecified atom stereocenters. The van der Waals surface area contributed by atoms with Gasteiger partial charge in [0.15, 0.2) is 0 Å². The fourth-order valence-electron chi connectivity index (χ4n) is 4.49. The average Bonchev–Trinajstić information content (AvgIpc) is 3.16. The molecule has 0 saturated heterocycles. The van der Waals surface area contributed by atoms with E-state index in [-0.39, 0.29) is 0 Å². The molecule has 0 aromatic rings. The Hall–Kier alpha value is 0.210. The fraction of sp³-hybridized carbons (Fsp3) is 1.00. The predicted molar refractivity (Wildman–Crippen MR) is 211 cm³/mol. The maximum Gasteiger partial charge on any atom is 0.0701 e. The van der Waals surface area contributed by atoms with E-state index in [9.17, 15) is 0 Å². The lowest BCUT2D eigenvalue weighted by molar-refractivity contribution is -0.0289. The van der Waals surface area contributed by atoms with Gasteiger partial charge in [-0.05, 0) is 6.42 Å². The number of hydrogen-bond donors (Lipinski definition) is 0. The summed E-state index contributed by atoms with van der Waals surface area (Å²) in [6, 6.07) is 0. The van der Waals surface area contributed by atoms with Crippen LogP contribution in [0.3, 0.4) is 0 Å². The summed E-state index contributed by atoms with van der Waals surface area (Å²) in [5, 5.41) is 0. The molecule has 0 fully saturated rings. The number of rotatable bonds is 49. The van der Waals surface area contributed by atoms with Gasteiger partial charge in [0.2, 0.25) is 0 Å². The van der Waals surface area contributed by atoms with Crippen LogP contribution < -0.4 is 0 Å². The molecule has 0 aromatic carbocycles. The van der Waals surface area contributed by atoms with E-state index in [1.165, 1.54) is 57.8 Å². The molecule has 0 saturated carbocycles. The molecule has 0 aromatic heterocycles. The van der Waals surface area contributed by atoms with Gasteiger partial charge >= 0.3 is 0 Å². The molecule has 13 nitrogen and oxygen atoms in total. The predicted octanol–water partition coefficient (Wildman–Crippen LogP) is 5.56. The highest BCUT2D eigenvalue weighted by atomic mass is 127. The number of alkyl halides is 1. The molecular formula is C38H77IO13. The van der Waals surface area contributed by atoms with Crippen molar-refractivity contribution < 1.29 is 61.6 Å². The minimum atomic E-state index is 0.517. The summed E-state index contributed by atoms with van der Waals surface area (Å²) in [5.41, 5.74) is 0. The smallest absolute Gasteiger partial charge is 0.0701 e. The van der Waals surface area contributed by atoms with Gasteiger partial charge in [0, 0.05) is 11.0 Å². The van der Waals surface area contributed by atoms with E-state index in [4.69, 9.17) is 61.6 Å². The molecule has 0 aliphatic heterocycles. The largest absolute Gasteiger partial charge is 0.379 e. The summed E-state index contributed by atoms with van der Waals surface area (Å²) < 4.78 is 72.4. The molecule has 0 amide bonds. The number of ether oxygens (including phenoxy) is 13. The van der Waals surface area contributed by atoms with Crippen LogP contribution in [0.15, 0.2) is 0 Å². The Balaban J connectivity index is 3.04. The lowest BCUT2D eigenvalue weighted by Gasteiger charge is -2.09. The second-order valence-corrected chi connectivity index (χ2v) is 12.9. The molecular weight excluding hydrogens is 791 g/mol. The first-order chi connectivity index (χ1) is 25.9. The molecule has 0 heterocycles. The first-order valence-corrected chi connectivity index (χ1v) is 21.5. The van der Waals surface area contributed by atoms with Crippen molar-refractivity contribution >= 4 is 22.6 Å². The third kappa shape index (κ3) is 50.2. The van der Waals surface area contributed by atoms with E-state index in [0.717, 1.165) is 24.1 Å². The molecule has 0 atom stereocenters. The number of hydrogen-bond acceptors (Lipinski definition) is 13. The molecule has 0 aliphatic rings. The van der Waals surface area contributed by atoms with Crippen molar-refractivity contribution in [3.05, 3.63) is 0 Å². The van der Waals surface area contributed by atoms with Crippen molar-refractivity contribution in [3.63, 3.8) is 0 Å². The zero-order chi connectivity index (χ0) is 37.4. The molecule has 52 heavy (non-hydrogen) atoms. The zero-order valence-corrected chi connectivity index (χ0v) is 35.0. The van der Waals surface area contributed by atoms with Gasteiger partial charge < -0.3 is 61.6 Å². The van der Waals surface area contributed by atoms with Crippen molar-refractivity contribution in [1.29, 1.82) is 0 Å². The van der Waals surface area contributed by atoms with Crippen molar-refractivity contribution in [1.82, 2.24) is 0 Å². The Kier molecular flexibility index (Phi) is 51.4. The van der Waals surface area contributed by atoms with E-state index >= 15 is 0 Å². The van der Waals surface area contributed by atoms with Gasteiger partial charge in [0.1, 0.15) is 0 Å². The van der Waals surface area contributed by atoms with Gasteiger partial charge in [-0.1, -0.05) is 87.3 Å². The molecule has 0 bridgehead atoms. The maximum absolute atomic E-state index is 5.65. The van der Waals surface area contributed by atoms with Crippen molar-refractivity contribution in [2.75, 3.05) is 176 Å². The summed E-state index contributed by atoms with van der Waals surface area (Å²) in [7, 11) is 0. The van der Waals surface area contributed by atoms with Crippen LogP contribution >= 0.6 is 22.6 Å². The Morgan fingerprint density at radius 1 is 0.212 bits per heavy atom. The molecule has 314 valence electrons. The van der Waals surface area contributed by atoms with Crippen LogP contribution in [0.1, 0.15) is 71.1 Å². The lowest BCUT2D eigenvalue weighted by atomic mass is 10.1. The topological polar surface area (TPSA) is 120 Å². The zero-order valence-electron chi connectivity index (χ0n) is 32.8. The molecule has 0 spiro atoms. The molecule has 0 N–H and O–H groups in total.